The van der Waals surface area contributed by atoms with E-state index in [9.17, 15) is 14.4 Å². The molecule has 0 atom stereocenters. The molecule has 0 spiro atoms. The van der Waals surface area contributed by atoms with Gasteiger partial charge in [0.25, 0.3) is 5.91 Å². The van der Waals surface area contributed by atoms with Crippen LogP contribution in [0.3, 0.4) is 0 Å². The molecule has 1 aromatic rings. The summed E-state index contributed by atoms with van der Waals surface area (Å²) in [6.45, 7) is 3.54. The second-order valence-corrected chi connectivity index (χ2v) is 4.62. The molecule has 0 aliphatic carbocycles. The average molecular weight is 316 g/mol. The molecule has 1 saturated heterocycles. The molecule has 0 unspecified atom stereocenters. The lowest BCUT2D eigenvalue weighted by molar-refractivity contribution is -0.143. The molecule has 120 valence electrons. The number of nitrogens with one attached hydrogen (secondary N) is 1. The number of ether oxygens (including phenoxy) is 2. The lowest BCUT2D eigenvalue weighted by atomic mass is 10.2. The number of carbonyl (C=O) groups is 3. The maximum absolute atomic E-state index is 12.1. The summed E-state index contributed by atoms with van der Waals surface area (Å²) in [5.74, 6) is -0.577. The lowest BCUT2D eigenvalue weighted by Gasteiger charge is -2.09. The molecule has 1 heterocycles. The Morgan fingerprint density at radius 3 is 2.61 bits per heavy atom. The summed E-state index contributed by atoms with van der Waals surface area (Å²) in [5.41, 5.74) is 0.804. The highest BCUT2D eigenvalue weighted by Crippen LogP contribution is 2.17. The van der Waals surface area contributed by atoms with Crippen molar-refractivity contribution in [1.29, 1.82) is 0 Å². The number of imide groups is 1. The molecule has 1 N–H and O–H groups in total. The van der Waals surface area contributed by atoms with Crippen molar-refractivity contribution in [3.05, 3.63) is 48.2 Å². The first kappa shape index (κ1) is 16.3. The van der Waals surface area contributed by atoms with E-state index in [4.69, 9.17) is 4.74 Å². The van der Waals surface area contributed by atoms with Gasteiger partial charge in [0, 0.05) is 0 Å². The number of rotatable bonds is 6. The molecule has 0 bridgehead atoms. The molecule has 0 radical (unpaired) electrons. The van der Waals surface area contributed by atoms with Gasteiger partial charge in [0.05, 0.1) is 7.11 Å². The highest BCUT2D eigenvalue weighted by atomic mass is 16.5. The second kappa shape index (κ2) is 7.26. The molecule has 0 saturated carbocycles. The average Bonchev–Trinajstić information content (AvgIpc) is 2.81. The van der Waals surface area contributed by atoms with E-state index >= 15 is 0 Å². The van der Waals surface area contributed by atoms with E-state index in [2.05, 4.69) is 16.6 Å². The largest absolute Gasteiger partial charge is 0.490 e. The number of nitrogens with zero attached hydrogens (tertiary/aromatic N) is 1. The maximum atomic E-state index is 12.1. The Morgan fingerprint density at radius 2 is 2.00 bits per heavy atom. The van der Waals surface area contributed by atoms with Crippen LogP contribution in [0.2, 0.25) is 0 Å². The van der Waals surface area contributed by atoms with Gasteiger partial charge in [-0.1, -0.05) is 24.8 Å². The number of hydrogen-bond acceptors (Lipinski definition) is 5. The lowest BCUT2D eigenvalue weighted by Crippen LogP contribution is -2.36. The number of carbonyl (C=O) groups excluding carboxylic acids is 3. The van der Waals surface area contributed by atoms with Crippen LogP contribution in [-0.2, 0) is 14.3 Å². The fraction of sp³-hybridized carbons (Fsp3) is 0.188. The number of hydrogen-bond donors (Lipinski definition) is 1. The van der Waals surface area contributed by atoms with Gasteiger partial charge in [-0.05, 0) is 23.8 Å². The number of methoxy groups -OCH3 is 1. The predicted molar refractivity (Wildman–Crippen MR) is 82.4 cm³/mol. The zero-order valence-corrected chi connectivity index (χ0v) is 12.6. The Hall–Kier alpha value is -3.09. The molecule has 7 nitrogen and oxygen atoms in total. The van der Waals surface area contributed by atoms with Crippen LogP contribution in [0.1, 0.15) is 5.56 Å². The van der Waals surface area contributed by atoms with Crippen LogP contribution < -0.4 is 10.1 Å². The van der Waals surface area contributed by atoms with Gasteiger partial charge >= 0.3 is 12.0 Å². The summed E-state index contributed by atoms with van der Waals surface area (Å²) in [6, 6.07) is 6.31. The van der Waals surface area contributed by atoms with Crippen LogP contribution in [-0.4, -0.2) is 43.1 Å². The van der Waals surface area contributed by atoms with Crippen LogP contribution in [0.15, 0.2) is 42.6 Å². The first-order valence-electron chi connectivity index (χ1n) is 6.80. The first-order chi connectivity index (χ1) is 11.0. The third-order valence-corrected chi connectivity index (χ3v) is 3.04. The van der Waals surface area contributed by atoms with Crippen molar-refractivity contribution in [3.63, 3.8) is 0 Å². The summed E-state index contributed by atoms with van der Waals surface area (Å²) < 4.78 is 9.81. The van der Waals surface area contributed by atoms with Gasteiger partial charge in [-0.25, -0.2) is 9.69 Å². The summed E-state index contributed by atoms with van der Waals surface area (Å²) in [5, 5.41) is 2.43. The van der Waals surface area contributed by atoms with Crippen LogP contribution in [0.4, 0.5) is 4.79 Å². The van der Waals surface area contributed by atoms with Crippen molar-refractivity contribution in [2.75, 3.05) is 20.3 Å². The van der Waals surface area contributed by atoms with Crippen LogP contribution >= 0.6 is 0 Å². The number of esters is 1. The van der Waals surface area contributed by atoms with E-state index < -0.39 is 24.5 Å². The standard InChI is InChI=1S/C16H16N2O5/c1-3-8-23-12-6-4-11(5-7-12)9-13-15(20)18(16(21)17-13)10-14(19)22-2/h3-7,9H,1,8,10H2,2H3,(H,17,21). The van der Waals surface area contributed by atoms with Crippen molar-refractivity contribution < 1.29 is 23.9 Å². The number of urea groups is 1. The monoisotopic (exact) mass is 316 g/mol. The second-order valence-electron chi connectivity index (χ2n) is 4.62. The van der Waals surface area contributed by atoms with Crippen LogP contribution in [0.25, 0.3) is 6.08 Å². The molecule has 23 heavy (non-hydrogen) atoms. The van der Waals surface area contributed by atoms with Gasteiger partial charge in [0.1, 0.15) is 24.6 Å². The van der Waals surface area contributed by atoms with Crippen LogP contribution in [0, 0.1) is 0 Å². The third-order valence-electron chi connectivity index (χ3n) is 3.04. The van der Waals surface area contributed by atoms with Gasteiger partial charge in [-0.3, -0.25) is 9.59 Å². The zero-order valence-electron chi connectivity index (χ0n) is 12.6. The maximum Gasteiger partial charge on any atom is 0.329 e. The SMILES string of the molecule is C=CCOc1ccc(C=C2NC(=O)N(CC(=O)OC)C2=O)cc1. The Morgan fingerprint density at radius 1 is 1.30 bits per heavy atom. The fourth-order valence-electron chi connectivity index (χ4n) is 1.89. The zero-order chi connectivity index (χ0) is 16.8. The Balaban J connectivity index is 2.10. The summed E-state index contributed by atoms with van der Waals surface area (Å²) in [7, 11) is 1.19. The van der Waals surface area contributed by atoms with E-state index in [1.54, 1.807) is 30.3 Å². The Labute approximate surface area is 133 Å². The van der Waals surface area contributed by atoms with Crippen molar-refractivity contribution >= 4 is 24.0 Å². The summed E-state index contributed by atoms with van der Waals surface area (Å²) >= 11 is 0. The van der Waals surface area contributed by atoms with Gasteiger partial charge in [0.15, 0.2) is 0 Å². The molecule has 1 aliphatic heterocycles. The molecular weight excluding hydrogens is 300 g/mol. The van der Waals surface area contributed by atoms with Crippen molar-refractivity contribution in [1.82, 2.24) is 10.2 Å². The van der Waals surface area contributed by atoms with Gasteiger partial charge < -0.3 is 14.8 Å². The van der Waals surface area contributed by atoms with Gasteiger partial charge in [0.2, 0.25) is 0 Å². The fourth-order valence-corrected chi connectivity index (χ4v) is 1.89. The first-order valence-corrected chi connectivity index (χ1v) is 6.80. The van der Waals surface area contributed by atoms with E-state index in [-0.39, 0.29) is 5.70 Å². The number of amides is 3. The Bertz CT molecular complexity index is 664. The van der Waals surface area contributed by atoms with Crippen molar-refractivity contribution in [2.24, 2.45) is 0 Å². The number of benzene rings is 1. The van der Waals surface area contributed by atoms with Crippen molar-refractivity contribution in [3.8, 4) is 5.75 Å². The Kier molecular flexibility index (Phi) is 5.14. The summed E-state index contributed by atoms with van der Waals surface area (Å²) in [6.07, 6.45) is 3.16. The van der Waals surface area contributed by atoms with Gasteiger partial charge in [-0.15, -0.1) is 0 Å². The minimum atomic E-state index is -0.668. The minimum absolute atomic E-state index is 0.0960. The van der Waals surface area contributed by atoms with Gasteiger partial charge in [-0.2, -0.15) is 0 Å². The quantitative estimate of drug-likeness (QED) is 0.370. The molecule has 3 amide bonds. The van der Waals surface area contributed by atoms with Crippen molar-refractivity contribution in [2.45, 2.75) is 0 Å². The molecule has 1 fully saturated rings. The predicted octanol–water partition coefficient (Wildman–Crippen LogP) is 1.32. The highest BCUT2D eigenvalue weighted by molar-refractivity contribution is 6.15. The molecule has 1 aromatic carbocycles. The third kappa shape index (κ3) is 3.97. The molecule has 7 heteroatoms. The molecule has 0 aromatic heterocycles. The summed E-state index contributed by atoms with van der Waals surface area (Å²) in [4.78, 5) is 35.8. The minimum Gasteiger partial charge on any atom is -0.490 e. The van der Waals surface area contributed by atoms with E-state index in [0.29, 0.717) is 17.9 Å². The molecule has 1 aliphatic rings. The topological polar surface area (TPSA) is 84.9 Å². The van der Waals surface area contributed by atoms with E-state index in [0.717, 1.165) is 4.90 Å². The molecule has 2 rings (SSSR count). The smallest absolute Gasteiger partial charge is 0.329 e. The van der Waals surface area contributed by atoms with Crippen LogP contribution in [0.5, 0.6) is 5.75 Å². The highest BCUT2D eigenvalue weighted by Gasteiger charge is 2.35. The molecular formula is C16H16N2O5. The normalized spacial score (nSPS) is 15.5. The van der Waals surface area contributed by atoms with E-state index in [1.165, 1.54) is 13.2 Å². The van der Waals surface area contributed by atoms with E-state index in [1.807, 2.05) is 0 Å².